The predicted molar refractivity (Wildman–Crippen MR) is 24.6 cm³/mol. The van der Waals surface area contributed by atoms with Crippen molar-refractivity contribution in [2.75, 3.05) is 0 Å². The minimum atomic E-state index is 0.0417. The Morgan fingerprint density at radius 2 is 2.00 bits per heavy atom. The van der Waals surface area contributed by atoms with Gasteiger partial charge in [-0.2, -0.15) is 0 Å². The average Bonchev–Trinajstić information content (AvgIpc) is 1.90. The van der Waals surface area contributed by atoms with Crippen molar-refractivity contribution < 1.29 is 4.79 Å². The highest BCUT2D eigenvalue weighted by Gasteiger charge is 1.86. The van der Waals surface area contributed by atoms with Crippen molar-refractivity contribution in [1.82, 2.24) is 15.0 Å². The molecule has 0 spiro atoms. The Bertz CT molecular complexity index is 174. The molecular formula is C4H2N3O. The third-order valence-corrected chi connectivity index (χ3v) is 0.585. The molecule has 1 radical (unpaired) electrons. The fourth-order valence-corrected chi connectivity index (χ4v) is 0.292. The Balaban J connectivity index is 2.99. The quantitative estimate of drug-likeness (QED) is 0.478. The maximum absolute atomic E-state index is 9.73. The zero-order valence-corrected chi connectivity index (χ0v) is 3.90. The SMILES string of the molecule is O=[C]c1ncncn1. The van der Waals surface area contributed by atoms with E-state index in [0.29, 0.717) is 0 Å². The number of aromatic nitrogens is 3. The van der Waals surface area contributed by atoms with Gasteiger partial charge in [-0.15, -0.1) is 0 Å². The minimum absolute atomic E-state index is 0.0417. The summed E-state index contributed by atoms with van der Waals surface area (Å²) in [5.74, 6) is 0.0417. The molecule has 0 aliphatic carbocycles. The maximum atomic E-state index is 9.73. The number of nitrogens with zero attached hydrogens (tertiary/aromatic N) is 3. The topological polar surface area (TPSA) is 55.7 Å². The van der Waals surface area contributed by atoms with E-state index in [1.54, 1.807) is 0 Å². The number of hydrogen-bond acceptors (Lipinski definition) is 4. The molecule has 0 aromatic carbocycles. The Hall–Kier alpha value is -1.32. The summed E-state index contributed by atoms with van der Waals surface area (Å²) < 4.78 is 0. The van der Waals surface area contributed by atoms with Crippen molar-refractivity contribution in [3.63, 3.8) is 0 Å². The lowest BCUT2D eigenvalue weighted by Gasteiger charge is -1.79. The van der Waals surface area contributed by atoms with E-state index in [1.807, 2.05) is 0 Å². The van der Waals surface area contributed by atoms with Crippen molar-refractivity contribution in [3.05, 3.63) is 18.5 Å². The average molecular weight is 108 g/mol. The second-order valence-corrected chi connectivity index (χ2v) is 1.06. The van der Waals surface area contributed by atoms with Crippen LogP contribution in [0.4, 0.5) is 0 Å². The highest BCUT2D eigenvalue weighted by atomic mass is 16.1. The van der Waals surface area contributed by atoms with Gasteiger partial charge in [-0.25, -0.2) is 15.0 Å². The first-order chi connectivity index (χ1) is 3.93. The molecule has 1 aromatic rings. The van der Waals surface area contributed by atoms with Gasteiger partial charge in [0.1, 0.15) is 12.7 Å². The summed E-state index contributed by atoms with van der Waals surface area (Å²) in [4.78, 5) is 20.1. The highest BCUT2D eigenvalue weighted by Crippen LogP contribution is 1.73. The molecule has 0 N–H and O–H groups in total. The van der Waals surface area contributed by atoms with Gasteiger partial charge >= 0.3 is 0 Å². The van der Waals surface area contributed by atoms with E-state index < -0.39 is 0 Å². The van der Waals surface area contributed by atoms with E-state index in [0.717, 1.165) is 0 Å². The van der Waals surface area contributed by atoms with Crippen LogP contribution in [0.5, 0.6) is 0 Å². The smallest absolute Gasteiger partial charge is 0.274 e. The van der Waals surface area contributed by atoms with Gasteiger partial charge in [0, 0.05) is 0 Å². The van der Waals surface area contributed by atoms with Gasteiger partial charge in [0.15, 0.2) is 0 Å². The van der Waals surface area contributed by atoms with Crippen LogP contribution in [0, 0.1) is 0 Å². The molecule has 0 aliphatic rings. The minimum Gasteiger partial charge on any atom is -0.281 e. The van der Waals surface area contributed by atoms with Crippen molar-refractivity contribution in [2.45, 2.75) is 0 Å². The van der Waals surface area contributed by atoms with E-state index >= 15 is 0 Å². The molecule has 1 rings (SSSR count). The zero-order valence-electron chi connectivity index (χ0n) is 3.90. The van der Waals surface area contributed by atoms with Gasteiger partial charge in [-0.3, -0.25) is 4.79 Å². The van der Waals surface area contributed by atoms with Crippen LogP contribution >= 0.6 is 0 Å². The van der Waals surface area contributed by atoms with Crippen LogP contribution in [0.25, 0.3) is 0 Å². The van der Waals surface area contributed by atoms with Gasteiger partial charge < -0.3 is 0 Å². The number of rotatable bonds is 1. The van der Waals surface area contributed by atoms with Crippen LogP contribution in [-0.2, 0) is 4.79 Å². The van der Waals surface area contributed by atoms with E-state index in [1.165, 1.54) is 18.9 Å². The van der Waals surface area contributed by atoms with Crippen molar-refractivity contribution in [1.29, 1.82) is 0 Å². The third kappa shape index (κ3) is 0.841. The monoisotopic (exact) mass is 108 g/mol. The molecule has 0 saturated carbocycles. The standard InChI is InChI=1S/C4H2N3O/c8-1-4-6-2-5-3-7-4/h2-3H. The molecule has 1 aromatic heterocycles. The molecule has 0 saturated heterocycles. The first-order valence-corrected chi connectivity index (χ1v) is 1.93. The van der Waals surface area contributed by atoms with Crippen LogP contribution in [0.3, 0.4) is 0 Å². The van der Waals surface area contributed by atoms with Gasteiger partial charge in [0.25, 0.3) is 6.29 Å². The second kappa shape index (κ2) is 2.11. The molecule has 0 atom stereocenters. The lowest BCUT2D eigenvalue weighted by molar-refractivity contribution is 0.559. The molecule has 4 nitrogen and oxygen atoms in total. The normalized spacial score (nSPS) is 8.50. The summed E-state index contributed by atoms with van der Waals surface area (Å²) in [6.07, 6.45) is 4.00. The van der Waals surface area contributed by atoms with Crippen LogP contribution in [0.2, 0.25) is 0 Å². The van der Waals surface area contributed by atoms with Crippen LogP contribution in [0.1, 0.15) is 5.82 Å². The van der Waals surface area contributed by atoms with Gasteiger partial charge in [0.05, 0.1) is 0 Å². The van der Waals surface area contributed by atoms with Crippen molar-refractivity contribution in [2.24, 2.45) is 0 Å². The summed E-state index contributed by atoms with van der Waals surface area (Å²) in [6.45, 7) is 0. The Morgan fingerprint density at radius 1 is 1.38 bits per heavy atom. The summed E-state index contributed by atoms with van der Waals surface area (Å²) >= 11 is 0. The molecule has 0 fully saturated rings. The molecule has 0 aliphatic heterocycles. The lowest BCUT2D eigenvalue weighted by atomic mass is 10.7. The van der Waals surface area contributed by atoms with E-state index in [4.69, 9.17) is 0 Å². The van der Waals surface area contributed by atoms with Crippen LogP contribution < -0.4 is 0 Å². The summed E-state index contributed by atoms with van der Waals surface area (Å²) in [5, 5.41) is 0. The highest BCUT2D eigenvalue weighted by molar-refractivity contribution is 5.68. The summed E-state index contributed by atoms with van der Waals surface area (Å²) in [6, 6.07) is 0. The molecule has 39 valence electrons. The Labute approximate surface area is 45.6 Å². The molecule has 0 unspecified atom stereocenters. The fourth-order valence-electron chi connectivity index (χ4n) is 0.292. The molecule has 0 amide bonds. The van der Waals surface area contributed by atoms with Crippen LogP contribution in [0.15, 0.2) is 12.7 Å². The number of hydrogen-bond donors (Lipinski definition) is 0. The largest absolute Gasteiger partial charge is 0.281 e. The first kappa shape index (κ1) is 4.83. The van der Waals surface area contributed by atoms with E-state index in [-0.39, 0.29) is 5.82 Å². The molecular weight excluding hydrogens is 106 g/mol. The lowest BCUT2D eigenvalue weighted by Crippen LogP contribution is -1.90. The Kier molecular flexibility index (Phi) is 1.27. The first-order valence-electron chi connectivity index (χ1n) is 1.93. The van der Waals surface area contributed by atoms with Crippen molar-refractivity contribution >= 4 is 6.29 Å². The predicted octanol–water partition coefficient (Wildman–Crippen LogP) is -0.671. The third-order valence-electron chi connectivity index (χ3n) is 0.585. The van der Waals surface area contributed by atoms with E-state index in [2.05, 4.69) is 15.0 Å². The van der Waals surface area contributed by atoms with E-state index in [9.17, 15) is 4.79 Å². The molecule has 0 bridgehead atoms. The molecule has 1 heterocycles. The van der Waals surface area contributed by atoms with Gasteiger partial charge in [0.2, 0.25) is 5.82 Å². The van der Waals surface area contributed by atoms with Crippen LogP contribution in [-0.4, -0.2) is 21.2 Å². The van der Waals surface area contributed by atoms with Crippen molar-refractivity contribution in [3.8, 4) is 0 Å². The van der Waals surface area contributed by atoms with Gasteiger partial charge in [-0.05, 0) is 0 Å². The zero-order chi connectivity index (χ0) is 5.82. The molecule has 8 heavy (non-hydrogen) atoms. The summed E-state index contributed by atoms with van der Waals surface area (Å²) in [7, 11) is 0. The molecule has 4 heteroatoms. The Morgan fingerprint density at radius 3 is 2.38 bits per heavy atom. The second-order valence-electron chi connectivity index (χ2n) is 1.06. The maximum Gasteiger partial charge on any atom is 0.274 e. The summed E-state index contributed by atoms with van der Waals surface area (Å²) in [5.41, 5.74) is 0. The van der Waals surface area contributed by atoms with Gasteiger partial charge in [-0.1, -0.05) is 0 Å². The number of carbonyl (C=O) groups excluding carboxylic acids is 1. The fraction of sp³-hybridized carbons (Fsp3) is 0.